The highest BCUT2D eigenvalue weighted by molar-refractivity contribution is 7.79. The summed E-state index contributed by atoms with van der Waals surface area (Å²) in [5, 5.41) is 13.6. The SMILES string of the molecule is CC1(C)CC(C)(C)CC2(C1)c1ccccc1-c1c2cc(O)c2cc(N3CCOCC3)c(CS)cc12. The zero-order valence-electron chi connectivity index (χ0n) is 21.4. The van der Waals surface area contributed by atoms with Gasteiger partial charge in [-0.1, -0.05) is 52.0 Å². The molecule has 3 nitrogen and oxygen atoms in total. The van der Waals surface area contributed by atoms with Crippen LogP contribution >= 0.6 is 12.6 Å². The number of anilines is 1. The molecule has 1 heterocycles. The van der Waals surface area contributed by atoms with Crippen molar-refractivity contribution in [3.05, 3.63) is 59.2 Å². The first-order valence-corrected chi connectivity index (χ1v) is 13.6. The zero-order valence-corrected chi connectivity index (χ0v) is 22.3. The Balaban J connectivity index is 1.64. The first-order valence-electron chi connectivity index (χ1n) is 13.0. The van der Waals surface area contributed by atoms with Gasteiger partial charge in [-0.05, 0) is 81.5 Å². The molecule has 0 aromatic heterocycles. The monoisotopic (exact) mass is 487 g/mol. The fourth-order valence-corrected chi connectivity index (χ4v) is 8.39. The van der Waals surface area contributed by atoms with E-state index in [1.165, 1.54) is 39.9 Å². The van der Waals surface area contributed by atoms with Crippen LogP contribution in [-0.2, 0) is 15.9 Å². The Labute approximate surface area is 214 Å². The van der Waals surface area contributed by atoms with Gasteiger partial charge in [0, 0.05) is 35.3 Å². The number of hydrogen-bond donors (Lipinski definition) is 2. The number of nitrogens with zero attached hydrogens (tertiary/aromatic N) is 1. The molecule has 1 spiro atoms. The molecular formula is C31H37NO2S. The van der Waals surface area contributed by atoms with Crippen LogP contribution in [0.1, 0.15) is 63.6 Å². The van der Waals surface area contributed by atoms with Crippen LogP contribution in [0.5, 0.6) is 5.75 Å². The Morgan fingerprint density at radius 1 is 0.886 bits per heavy atom. The smallest absolute Gasteiger partial charge is 0.123 e. The second kappa shape index (κ2) is 7.91. The average Bonchev–Trinajstić information content (AvgIpc) is 3.05. The van der Waals surface area contributed by atoms with Gasteiger partial charge in [0.25, 0.3) is 0 Å². The third-order valence-corrected chi connectivity index (χ3v) is 8.92. The van der Waals surface area contributed by atoms with Gasteiger partial charge in [-0.25, -0.2) is 0 Å². The summed E-state index contributed by atoms with van der Waals surface area (Å²) in [7, 11) is 0. The second-order valence-electron chi connectivity index (χ2n) is 12.6. The first kappa shape index (κ1) is 23.2. The summed E-state index contributed by atoms with van der Waals surface area (Å²) in [5.41, 5.74) is 8.16. The predicted octanol–water partition coefficient (Wildman–Crippen LogP) is 7.31. The van der Waals surface area contributed by atoms with Crippen LogP contribution in [0.2, 0.25) is 0 Å². The number of phenolic OH excluding ortho intramolecular Hbond substituents is 1. The van der Waals surface area contributed by atoms with Crippen LogP contribution in [0.25, 0.3) is 21.9 Å². The summed E-state index contributed by atoms with van der Waals surface area (Å²) < 4.78 is 5.59. The summed E-state index contributed by atoms with van der Waals surface area (Å²) in [4.78, 5) is 2.38. The summed E-state index contributed by atoms with van der Waals surface area (Å²) in [6.07, 6.45) is 3.42. The van der Waals surface area contributed by atoms with E-state index in [0.29, 0.717) is 11.5 Å². The van der Waals surface area contributed by atoms with Crippen LogP contribution < -0.4 is 4.90 Å². The molecule has 0 unspecified atom stereocenters. The van der Waals surface area contributed by atoms with Crippen molar-refractivity contribution in [2.45, 2.75) is 58.1 Å². The van der Waals surface area contributed by atoms with E-state index in [-0.39, 0.29) is 16.2 Å². The van der Waals surface area contributed by atoms with Gasteiger partial charge in [-0.15, -0.1) is 0 Å². The van der Waals surface area contributed by atoms with Crippen LogP contribution in [0.3, 0.4) is 0 Å². The van der Waals surface area contributed by atoms with Crippen LogP contribution in [0.15, 0.2) is 42.5 Å². The topological polar surface area (TPSA) is 32.7 Å². The van der Waals surface area contributed by atoms with Gasteiger partial charge >= 0.3 is 0 Å². The largest absolute Gasteiger partial charge is 0.507 e. The van der Waals surface area contributed by atoms with Crippen molar-refractivity contribution < 1.29 is 9.84 Å². The molecule has 0 amide bonds. The molecule has 3 aromatic carbocycles. The molecule has 1 N–H and O–H groups in total. The molecule has 0 bridgehead atoms. The summed E-state index contributed by atoms with van der Waals surface area (Å²) in [6, 6.07) is 15.6. The molecule has 0 atom stereocenters. The highest BCUT2D eigenvalue weighted by atomic mass is 32.1. The number of morpholine rings is 1. The van der Waals surface area contributed by atoms with Crippen molar-refractivity contribution in [3.63, 3.8) is 0 Å². The van der Waals surface area contributed by atoms with E-state index in [1.54, 1.807) is 0 Å². The molecule has 184 valence electrons. The number of benzene rings is 3. The molecular weight excluding hydrogens is 450 g/mol. The molecule has 3 aromatic rings. The Bertz CT molecular complexity index is 1300. The number of ether oxygens (including phenoxy) is 1. The molecule has 1 aliphatic heterocycles. The first-order chi connectivity index (χ1) is 16.6. The van der Waals surface area contributed by atoms with Gasteiger partial charge in [0.1, 0.15) is 5.75 Å². The van der Waals surface area contributed by atoms with E-state index in [0.717, 1.165) is 49.9 Å². The second-order valence-corrected chi connectivity index (χ2v) is 12.9. The molecule has 3 aliphatic rings. The van der Waals surface area contributed by atoms with Crippen molar-refractivity contribution in [3.8, 4) is 16.9 Å². The molecule has 35 heavy (non-hydrogen) atoms. The molecule has 2 aliphatic carbocycles. The lowest BCUT2D eigenvalue weighted by atomic mass is 9.52. The molecule has 4 heteroatoms. The highest BCUT2D eigenvalue weighted by Crippen LogP contribution is 2.64. The van der Waals surface area contributed by atoms with Crippen LogP contribution in [0, 0.1) is 10.8 Å². The summed E-state index contributed by atoms with van der Waals surface area (Å²) >= 11 is 4.73. The van der Waals surface area contributed by atoms with Gasteiger partial charge in [-0.2, -0.15) is 12.6 Å². The third kappa shape index (κ3) is 3.59. The molecule has 6 rings (SSSR count). The van der Waals surface area contributed by atoms with E-state index in [4.69, 9.17) is 17.4 Å². The Hall–Kier alpha value is -2.17. The van der Waals surface area contributed by atoms with Crippen LogP contribution in [-0.4, -0.2) is 31.4 Å². The molecule has 0 radical (unpaired) electrons. The summed E-state index contributed by atoms with van der Waals surface area (Å²) in [6.45, 7) is 12.9. The van der Waals surface area contributed by atoms with Crippen LogP contribution in [0.4, 0.5) is 5.69 Å². The van der Waals surface area contributed by atoms with Gasteiger partial charge in [0.15, 0.2) is 0 Å². The van der Waals surface area contributed by atoms with Crippen molar-refractivity contribution in [2.24, 2.45) is 10.8 Å². The maximum absolute atomic E-state index is 11.5. The Morgan fingerprint density at radius 2 is 1.57 bits per heavy atom. The normalized spacial score (nSPS) is 21.8. The maximum Gasteiger partial charge on any atom is 0.123 e. The summed E-state index contributed by atoms with van der Waals surface area (Å²) in [5.74, 6) is 1.06. The van der Waals surface area contributed by atoms with E-state index >= 15 is 0 Å². The Kier molecular flexibility index (Phi) is 5.26. The van der Waals surface area contributed by atoms with Crippen molar-refractivity contribution in [1.29, 1.82) is 0 Å². The lowest BCUT2D eigenvalue weighted by Crippen LogP contribution is -2.43. The quantitative estimate of drug-likeness (QED) is 0.372. The number of rotatable bonds is 2. The lowest BCUT2D eigenvalue weighted by molar-refractivity contribution is 0.0645. The number of aromatic hydroxyl groups is 1. The van der Waals surface area contributed by atoms with Crippen molar-refractivity contribution in [2.75, 3.05) is 31.2 Å². The van der Waals surface area contributed by atoms with Crippen molar-refractivity contribution in [1.82, 2.24) is 0 Å². The zero-order chi connectivity index (χ0) is 24.6. The minimum absolute atomic E-state index is 0.0765. The number of fused-ring (bicyclic) bond motifs is 7. The minimum Gasteiger partial charge on any atom is -0.507 e. The standard InChI is InChI=1S/C31H37NO2S/c1-29(2)17-30(3,4)19-31(18-29)24-8-6-5-7-21(24)28-23-13-20(16-35)26(32-9-11-34-12-10-32)14-22(23)27(33)15-25(28)31/h5-8,13-15,33,35H,9-12,16-19H2,1-4H3. The fourth-order valence-electron chi connectivity index (χ4n) is 8.14. The predicted molar refractivity (Wildman–Crippen MR) is 149 cm³/mol. The minimum atomic E-state index is -0.0765. The van der Waals surface area contributed by atoms with Gasteiger partial charge < -0.3 is 14.7 Å². The van der Waals surface area contributed by atoms with E-state index < -0.39 is 0 Å². The van der Waals surface area contributed by atoms with Gasteiger partial charge in [0.2, 0.25) is 0 Å². The van der Waals surface area contributed by atoms with E-state index in [2.05, 4.69) is 75.1 Å². The van der Waals surface area contributed by atoms with E-state index in [1.807, 2.05) is 0 Å². The average molecular weight is 488 g/mol. The molecule has 2 fully saturated rings. The van der Waals surface area contributed by atoms with Crippen molar-refractivity contribution >= 4 is 29.1 Å². The molecule has 1 saturated heterocycles. The number of thiol groups is 1. The Morgan fingerprint density at radius 3 is 2.26 bits per heavy atom. The lowest BCUT2D eigenvalue weighted by Gasteiger charge is -2.51. The number of phenols is 1. The van der Waals surface area contributed by atoms with E-state index in [9.17, 15) is 5.11 Å². The number of hydrogen-bond acceptors (Lipinski definition) is 4. The highest BCUT2D eigenvalue weighted by Gasteiger charge is 2.53. The molecule has 1 saturated carbocycles. The fraction of sp³-hybridized carbons (Fsp3) is 0.484. The maximum atomic E-state index is 11.5. The van der Waals surface area contributed by atoms with Gasteiger partial charge in [0.05, 0.1) is 13.2 Å². The van der Waals surface area contributed by atoms with Gasteiger partial charge in [-0.3, -0.25) is 0 Å². The third-order valence-electron chi connectivity index (χ3n) is 8.58.